The van der Waals surface area contributed by atoms with Crippen molar-refractivity contribution in [1.29, 1.82) is 0 Å². The van der Waals surface area contributed by atoms with E-state index in [0.29, 0.717) is 0 Å². The smallest absolute Gasteiger partial charge is 0.0587 e. The third-order valence-electron chi connectivity index (χ3n) is 3.05. The highest BCUT2D eigenvalue weighted by molar-refractivity contribution is 7.98. The fraction of sp³-hybridized carbons (Fsp3) is 0.294. The molecule has 2 rings (SSSR count). The number of benzene rings is 2. The number of rotatable bonds is 8. The van der Waals surface area contributed by atoms with E-state index in [1.165, 1.54) is 16.0 Å². The third kappa shape index (κ3) is 6.10. The van der Waals surface area contributed by atoms with E-state index in [-0.39, 0.29) is 0 Å². The molecule has 0 radical (unpaired) electrons. The number of hydrogen-bond acceptors (Lipinski definition) is 3. The molecule has 0 fully saturated rings. The van der Waals surface area contributed by atoms with E-state index >= 15 is 0 Å². The van der Waals surface area contributed by atoms with Gasteiger partial charge in [-0.25, -0.2) is 0 Å². The van der Waals surface area contributed by atoms with Gasteiger partial charge in [-0.1, -0.05) is 35.9 Å². The minimum atomic E-state index is 0.745. The summed E-state index contributed by atoms with van der Waals surface area (Å²) in [5.74, 6) is 0.961. The number of nitrogens with one attached hydrogen (secondary N) is 1. The summed E-state index contributed by atoms with van der Waals surface area (Å²) in [4.78, 5) is 1.28. The van der Waals surface area contributed by atoms with Gasteiger partial charge < -0.3 is 10.1 Å². The van der Waals surface area contributed by atoms with Gasteiger partial charge in [-0.3, -0.25) is 0 Å². The molecule has 0 amide bonds. The molecule has 0 saturated heterocycles. The topological polar surface area (TPSA) is 21.3 Å². The lowest BCUT2D eigenvalue weighted by Crippen LogP contribution is -2.18. The maximum Gasteiger partial charge on any atom is 0.0587 e. The van der Waals surface area contributed by atoms with E-state index in [4.69, 9.17) is 16.3 Å². The molecule has 112 valence electrons. The van der Waals surface area contributed by atoms with Crippen molar-refractivity contribution in [2.45, 2.75) is 17.2 Å². The molecular formula is C17H20ClNOS. The highest BCUT2D eigenvalue weighted by atomic mass is 35.5. The first-order valence-corrected chi connectivity index (χ1v) is 8.30. The lowest BCUT2D eigenvalue weighted by Gasteiger charge is -2.06. The van der Waals surface area contributed by atoms with Gasteiger partial charge in [-0.2, -0.15) is 0 Å². The lowest BCUT2D eigenvalue weighted by molar-refractivity contribution is 0.199. The lowest BCUT2D eigenvalue weighted by atomic mass is 10.2. The van der Waals surface area contributed by atoms with E-state index in [2.05, 4.69) is 41.7 Å². The Morgan fingerprint density at radius 2 is 1.67 bits per heavy atom. The van der Waals surface area contributed by atoms with Crippen molar-refractivity contribution < 1.29 is 4.74 Å². The monoisotopic (exact) mass is 321 g/mol. The van der Waals surface area contributed by atoms with Crippen LogP contribution in [0.2, 0.25) is 5.02 Å². The Labute approximate surface area is 135 Å². The normalized spacial score (nSPS) is 10.8. The van der Waals surface area contributed by atoms with E-state index in [1.54, 1.807) is 7.11 Å². The highest BCUT2D eigenvalue weighted by Gasteiger charge is 1.98. The average Bonchev–Trinajstić information content (AvgIpc) is 2.52. The molecule has 0 bridgehead atoms. The second kappa shape index (κ2) is 9.11. The summed E-state index contributed by atoms with van der Waals surface area (Å²) in [7, 11) is 1.72. The molecule has 4 heteroatoms. The Morgan fingerprint density at radius 3 is 2.33 bits per heavy atom. The quantitative estimate of drug-likeness (QED) is 0.576. The Bertz CT molecular complexity index is 527. The van der Waals surface area contributed by atoms with Gasteiger partial charge in [0.05, 0.1) is 6.61 Å². The summed E-state index contributed by atoms with van der Waals surface area (Å²) in [6, 6.07) is 16.7. The van der Waals surface area contributed by atoms with Crippen molar-refractivity contribution in [3.8, 4) is 0 Å². The number of ether oxygens (including phenoxy) is 1. The van der Waals surface area contributed by atoms with Crippen LogP contribution in [0.3, 0.4) is 0 Å². The van der Waals surface area contributed by atoms with Crippen molar-refractivity contribution in [2.24, 2.45) is 0 Å². The van der Waals surface area contributed by atoms with E-state index < -0.39 is 0 Å². The zero-order valence-corrected chi connectivity index (χ0v) is 13.7. The van der Waals surface area contributed by atoms with E-state index in [9.17, 15) is 0 Å². The van der Waals surface area contributed by atoms with Gasteiger partial charge in [0.1, 0.15) is 0 Å². The molecule has 0 aliphatic heterocycles. The second-order valence-corrected chi connectivity index (χ2v) is 6.21. The number of hydrogen-bond donors (Lipinski definition) is 1. The van der Waals surface area contributed by atoms with Crippen LogP contribution in [0.1, 0.15) is 11.1 Å². The Balaban J connectivity index is 1.78. The first kappa shape index (κ1) is 16.4. The minimum Gasteiger partial charge on any atom is -0.383 e. The first-order chi connectivity index (χ1) is 10.3. The number of halogens is 1. The Hall–Kier alpha value is -1.00. The molecule has 0 spiro atoms. The van der Waals surface area contributed by atoms with Gasteiger partial charge in [0.2, 0.25) is 0 Å². The van der Waals surface area contributed by atoms with Crippen LogP contribution in [-0.2, 0) is 17.0 Å². The molecule has 1 N–H and O–H groups in total. The fourth-order valence-corrected chi connectivity index (χ4v) is 2.84. The SMILES string of the molecule is COCCNCc1ccc(SCc2ccc(Cl)cc2)cc1. The van der Waals surface area contributed by atoms with Gasteiger partial charge in [-0.05, 0) is 35.4 Å². The van der Waals surface area contributed by atoms with Crippen LogP contribution in [0.15, 0.2) is 53.4 Å². The number of thioether (sulfide) groups is 1. The van der Waals surface area contributed by atoms with Crippen LogP contribution in [-0.4, -0.2) is 20.3 Å². The number of methoxy groups -OCH3 is 1. The second-order valence-electron chi connectivity index (χ2n) is 4.73. The van der Waals surface area contributed by atoms with Crippen molar-refractivity contribution in [1.82, 2.24) is 5.32 Å². The zero-order valence-electron chi connectivity index (χ0n) is 12.1. The molecule has 0 aliphatic carbocycles. The predicted molar refractivity (Wildman–Crippen MR) is 91.0 cm³/mol. The molecule has 2 aromatic carbocycles. The van der Waals surface area contributed by atoms with E-state index in [1.807, 2.05) is 23.9 Å². The molecule has 0 unspecified atom stereocenters. The van der Waals surface area contributed by atoms with Crippen LogP contribution in [0.25, 0.3) is 0 Å². The summed E-state index contributed by atoms with van der Waals surface area (Å²) in [5.41, 5.74) is 2.58. The fourth-order valence-electron chi connectivity index (χ4n) is 1.86. The van der Waals surface area contributed by atoms with Crippen molar-refractivity contribution in [3.05, 3.63) is 64.7 Å². The maximum atomic E-state index is 5.89. The molecule has 2 nitrogen and oxygen atoms in total. The van der Waals surface area contributed by atoms with Crippen LogP contribution in [0, 0.1) is 0 Å². The molecule has 21 heavy (non-hydrogen) atoms. The molecule has 0 heterocycles. The van der Waals surface area contributed by atoms with Crippen molar-refractivity contribution in [3.63, 3.8) is 0 Å². The van der Waals surface area contributed by atoms with Gasteiger partial charge >= 0.3 is 0 Å². The summed E-state index contributed by atoms with van der Waals surface area (Å²) >= 11 is 7.72. The van der Waals surface area contributed by atoms with Gasteiger partial charge in [0.15, 0.2) is 0 Å². The summed E-state index contributed by atoms with van der Waals surface area (Å²) < 4.78 is 5.01. The van der Waals surface area contributed by atoms with Crippen LogP contribution < -0.4 is 5.32 Å². The van der Waals surface area contributed by atoms with Gasteiger partial charge in [0, 0.05) is 35.9 Å². The van der Waals surface area contributed by atoms with Crippen LogP contribution in [0.5, 0.6) is 0 Å². The summed E-state index contributed by atoms with van der Waals surface area (Å²) in [6.07, 6.45) is 0. The maximum absolute atomic E-state index is 5.89. The standard InChI is InChI=1S/C17H20ClNOS/c1-20-11-10-19-12-14-4-8-17(9-5-14)21-13-15-2-6-16(18)7-3-15/h2-9,19H,10-13H2,1H3. The van der Waals surface area contributed by atoms with Gasteiger partial charge in [-0.15, -0.1) is 11.8 Å². The highest BCUT2D eigenvalue weighted by Crippen LogP contribution is 2.23. The van der Waals surface area contributed by atoms with Gasteiger partial charge in [0.25, 0.3) is 0 Å². The molecule has 0 saturated carbocycles. The van der Waals surface area contributed by atoms with Crippen molar-refractivity contribution >= 4 is 23.4 Å². The average molecular weight is 322 g/mol. The van der Waals surface area contributed by atoms with Crippen LogP contribution in [0.4, 0.5) is 0 Å². The minimum absolute atomic E-state index is 0.745. The van der Waals surface area contributed by atoms with Crippen LogP contribution >= 0.6 is 23.4 Å². The molecule has 2 aromatic rings. The summed E-state index contributed by atoms with van der Waals surface area (Å²) in [5, 5.41) is 4.13. The molecule has 0 aliphatic rings. The predicted octanol–water partition coefficient (Wildman–Crippen LogP) is 4.37. The molecular weight excluding hydrogens is 302 g/mol. The van der Waals surface area contributed by atoms with Crippen molar-refractivity contribution in [2.75, 3.05) is 20.3 Å². The Kier molecular flexibility index (Phi) is 7.10. The Morgan fingerprint density at radius 1 is 1.00 bits per heavy atom. The zero-order chi connectivity index (χ0) is 14.9. The van der Waals surface area contributed by atoms with E-state index in [0.717, 1.165) is 30.5 Å². The molecule has 0 atom stereocenters. The largest absolute Gasteiger partial charge is 0.383 e. The first-order valence-electron chi connectivity index (χ1n) is 6.94. The molecule has 0 aromatic heterocycles. The summed E-state index contributed by atoms with van der Waals surface area (Å²) in [6.45, 7) is 2.50. The third-order valence-corrected chi connectivity index (χ3v) is 4.39.